The van der Waals surface area contributed by atoms with Crippen molar-refractivity contribution in [1.29, 1.82) is 0 Å². The van der Waals surface area contributed by atoms with Gasteiger partial charge >= 0.3 is 0 Å². The van der Waals surface area contributed by atoms with Gasteiger partial charge in [0.05, 0.1) is 5.02 Å². The van der Waals surface area contributed by atoms with Gasteiger partial charge in [0.2, 0.25) is 5.91 Å². The third-order valence-electron chi connectivity index (χ3n) is 4.03. The minimum absolute atomic E-state index is 0.220. The number of benzene rings is 1. The minimum atomic E-state index is 0.220. The maximum atomic E-state index is 11.6. The number of hydrogen-bond donors (Lipinski definition) is 2. The highest BCUT2D eigenvalue weighted by atomic mass is 35.5. The van der Waals surface area contributed by atoms with E-state index in [1.165, 1.54) is 16.0 Å². The van der Waals surface area contributed by atoms with Crippen molar-refractivity contribution in [2.45, 2.75) is 30.6 Å². The molecule has 0 atom stereocenters. The molecule has 2 N–H and O–H groups in total. The van der Waals surface area contributed by atoms with Crippen molar-refractivity contribution in [3.63, 3.8) is 0 Å². The van der Waals surface area contributed by atoms with Crippen LogP contribution in [0.5, 0.6) is 0 Å². The summed E-state index contributed by atoms with van der Waals surface area (Å²) in [6.45, 7) is 2.77. The Morgan fingerprint density at radius 2 is 2.14 bits per heavy atom. The summed E-state index contributed by atoms with van der Waals surface area (Å²) in [5, 5.41) is 7.29. The van der Waals surface area contributed by atoms with E-state index in [2.05, 4.69) is 16.7 Å². The lowest BCUT2D eigenvalue weighted by Gasteiger charge is -2.14. The van der Waals surface area contributed by atoms with Crippen molar-refractivity contribution < 1.29 is 4.79 Å². The Labute approximate surface area is 135 Å². The molecule has 1 saturated carbocycles. The van der Waals surface area contributed by atoms with Gasteiger partial charge in [-0.05, 0) is 56.0 Å². The van der Waals surface area contributed by atoms with Gasteiger partial charge in [0.1, 0.15) is 0 Å². The van der Waals surface area contributed by atoms with E-state index in [1.54, 1.807) is 11.8 Å². The summed E-state index contributed by atoms with van der Waals surface area (Å²) in [5.74, 6) is 1.39. The highest BCUT2D eigenvalue weighted by Crippen LogP contribution is 2.34. The molecule has 1 aromatic rings. The molecule has 0 spiro atoms. The van der Waals surface area contributed by atoms with Gasteiger partial charge in [-0.2, -0.15) is 0 Å². The molecule has 114 valence electrons. The molecule has 21 heavy (non-hydrogen) atoms. The molecule has 5 heteroatoms. The fourth-order valence-corrected chi connectivity index (χ4v) is 4.05. The number of carbonyl (C=O) groups excluding carboxylic acids is 1. The summed E-state index contributed by atoms with van der Waals surface area (Å²) in [4.78, 5) is 12.8. The van der Waals surface area contributed by atoms with Crippen LogP contribution in [-0.4, -0.2) is 31.3 Å². The molecule has 3 nitrogen and oxygen atoms in total. The van der Waals surface area contributed by atoms with Gasteiger partial charge in [0, 0.05) is 23.1 Å². The summed E-state index contributed by atoms with van der Waals surface area (Å²) in [6, 6.07) is 4.17. The second-order valence-electron chi connectivity index (χ2n) is 5.68. The normalized spacial score (nSPS) is 18.0. The molecule has 1 amide bonds. The lowest BCUT2D eigenvalue weighted by atomic mass is 10.0. The third-order valence-corrected chi connectivity index (χ3v) is 5.62. The van der Waals surface area contributed by atoms with E-state index in [1.807, 2.05) is 6.07 Å². The average Bonchev–Trinajstić information content (AvgIpc) is 3.31. The lowest BCUT2D eigenvalue weighted by Crippen LogP contribution is -2.27. The highest BCUT2D eigenvalue weighted by molar-refractivity contribution is 7.99. The van der Waals surface area contributed by atoms with Crippen molar-refractivity contribution in [3.8, 4) is 0 Å². The fourth-order valence-electron chi connectivity index (χ4n) is 2.68. The molecule has 3 rings (SSSR count). The van der Waals surface area contributed by atoms with E-state index in [0.717, 1.165) is 56.1 Å². The Morgan fingerprint density at radius 1 is 1.33 bits per heavy atom. The SMILES string of the molecule is O=C(NCCSc1c(Cl)ccc2c1CCNCC2)C1CC1. The van der Waals surface area contributed by atoms with Crippen LogP contribution in [0.15, 0.2) is 17.0 Å². The molecule has 0 saturated heterocycles. The predicted octanol–water partition coefficient (Wildman–Crippen LogP) is 2.65. The van der Waals surface area contributed by atoms with E-state index < -0.39 is 0 Å². The maximum Gasteiger partial charge on any atom is 0.223 e. The molecule has 0 bridgehead atoms. The molecule has 0 unspecified atom stereocenters. The molecule has 1 heterocycles. The smallest absolute Gasteiger partial charge is 0.223 e. The standard InChI is InChI=1S/C16H21ClN2OS/c17-14-4-3-11-5-7-18-8-6-13(11)15(14)21-10-9-19-16(20)12-1-2-12/h3-4,12,18H,1-2,5-10H2,(H,19,20). The van der Waals surface area contributed by atoms with Crippen molar-refractivity contribution in [2.24, 2.45) is 5.92 Å². The first-order valence-corrected chi connectivity index (χ1v) is 9.03. The molecular formula is C16H21ClN2OS. The van der Waals surface area contributed by atoms with Crippen LogP contribution in [-0.2, 0) is 17.6 Å². The number of amides is 1. The van der Waals surface area contributed by atoms with Gasteiger partial charge in [-0.1, -0.05) is 17.7 Å². The molecule has 0 radical (unpaired) electrons. The zero-order valence-corrected chi connectivity index (χ0v) is 13.7. The van der Waals surface area contributed by atoms with Gasteiger partial charge in [0.25, 0.3) is 0 Å². The summed E-state index contributed by atoms with van der Waals surface area (Å²) >= 11 is 8.16. The third kappa shape index (κ3) is 3.93. The Hall–Kier alpha value is -0.710. The highest BCUT2D eigenvalue weighted by Gasteiger charge is 2.29. The number of halogens is 1. The Balaban J connectivity index is 1.60. The molecule has 1 aliphatic heterocycles. The lowest BCUT2D eigenvalue weighted by molar-refractivity contribution is -0.122. The van der Waals surface area contributed by atoms with Crippen LogP contribution in [0.3, 0.4) is 0 Å². The van der Waals surface area contributed by atoms with Crippen molar-refractivity contribution in [3.05, 3.63) is 28.3 Å². The first kappa shape index (κ1) is 15.2. The van der Waals surface area contributed by atoms with Gasteiger partial charge in [-0.15, -0.1) is 11.8 Å². The number of rotatable bonds is 5. The van der Waals surface area contributed by atoms with Crippen molar-refractivity contribution >= 4 is 29.3 Å². The van der Waals surface area contributed by atoms with Gasteiger partial charge in [0.15, 0.2) is 0 Å². The molecule has 2 aliphatic rings. The average molecular weight is 325 g/mol. The number of hydrogen-bond acceptors (Lipinski definition) is 3. The van der Waals surface area contributed by atoms with Crippen LogP contribution in [0.4, 0.5) is 0 Å². The van der Waals surface area contributed by atoms with Gasteiger partial charge in [-0.25, -0.2) is 0 Å². The Kier molecular flexibility index (Phi) is 5.09. The van der Waals surface area contributed by atoms with Crippen LogP contribution >= 0.6 is 23.4 Å². The maximum absolute atomic E-state index is 11.6. The van der Waals surface area contributed by atoms with Crippen LogP contribution in [0.25, 0.3) is 0 Å². The van der Waals surface area contributed by atoms with E-state index in [0.29, 0.717) is 0 Å². The zero-order valence-electron chi connectivity index (χ0n) is 12.1. The van der Waals surface area contributed by atoms with Crippen LogP contribution in [0.2, 0.25) is 5.02 Å². The number of fused-ring (bicyclic) bond motifs is 1. The molecular weight excluding hydrogens is 304 g/mol. The minimum Gasteiger partial charge on any atom is -0.355 e. The second kappa shape index (κ2) is 7.03. The fraction of sp³-hybridized carbons (Fsp3) is 0.562. The number of thioether (sulfide) groups is 1. The predicted molar refractivity (Wildman–Crippen MR) is 88.2 cm³/mol. The second-order valence-corrected chi connectivity index (χ2v) is 7.19. The van der Waals surface area contributed by atoms with Gasteiger partial charge < -0.3 is 10.6 Å². The molecule has 1 aliphatic carbocycles. The number of carbonyl (C=O) groups is 1. The van der Waals surface area contributed by atoms with Crippen LogP contribution < -0.4 is 10.6 Å². The van der Waals surface area contributed by atoms with E-state index in [-0.39, 0.29) is 11.8 Å². The molecule has 0 aromatic heterocycles. The van der Waals surface area contributed by atoms with Crippen LogP contribution in [0, 0.1) is 5.92 Å². The van der Waals surface area contributed by atoms with E-state index in [4.69, 9.17) is 11.6 Å². The topological polar surface area (TPSA) is 41.1 Å². The monoisotopic (exact) mass is 324 g/mol. The summed E-state index contributed by atoms with van der Waals surface area (Å²) < 4.78 is 0. The Morgan fingerprint density at radius 3 is 2.95 bits per heavy atom. The van der Waals surface area contributed by atoms with Gasteiger partial charge in [-0.3, -0.25) is 4.79 Å². The summed E-state index contributed by atoms with van der Waals surface area (Å²) in [5.41, 5.74) is 2.81. The van der Waals surface area contributed by atoms with Crippen molar-refractivity contribution in [1.82, 2.24) is 10.6 Å². The molecule has 1 aromatic carbocycles. The Bertz CT molecular complexity index is 531. The van der Waals surface area contributed by atoms with Crippen molar-refractivity contribution in [2.75, 3.05) is 25.4 Å². The summed E-state index contributed by atoms with van der Waals surface area (Å²) in [6.07, 6.45) is 4.22. The first-order valence-electron chi connectivity index (χ1n) is 7.67. The van der Waals surface area contributed by atoms with E-state index >= 15 is 0 Å². The zero-order chi connectivity index (χ0) is 14.7. The quantitative estimate of drug-likeness (QED) is 0.646. The largest absolute Gasteiger partial charge is 0.355 e. The molecule has 1 fully saturated rings. The van der Waals surface area contributed by atoms with E-state index in [9.17, 15) is 4.79 Å². The first-order chi connectivity index (χ1) is 10.3. The summed E-state index contributed by atoms with van der Waals surface area (Å²) in [7, 11) is 0. The van der Waals surface area contributed by atoms with Crippen LogP contribution in [0.1, 0.15) is 24.0 Å². The number of nitrogens with one attached hydrogen (secondary N) is 2.